The predicted octanol–water partition coefficient (Wildman–Crippen LogP) is 2.47. The van der Waals surface area contributed by atoms with Crippen LogP contribution in [-0.4, -0.2) is 27.6 Å². The molecule has 0 atom stereocenters. The number of anilines is 2. The molecule has 0 bridgehead atoms. The van der Waals surface area contributed by atoms with Gasteiger partial charge in [-0.15, -0.1) is 0 Å². The molecule has 0 aliphatic carbocycles. The number of nitrogens with zero attached hydrogens (tertiary/aromatic N) is 3. The summed E-state index contributed by atoms with van der Waals surface area (Å²) < 4.78 is 12.9. The second-order valence-electron chi connectivity index (χ2n) is 3.77. The molecule has 1 heterocycles. The Kier molecular flexibility index (Phi) is 3.70. The number of rotatable bonds is 4. The molecule has 1 aromatic carbocycles. The van der Waals surface area contributed by atoms with Crippen LogP contribution in [0.2, 0.25) is 0 Å². The highest BCUT2D eigenvalue weighted by molar-refractivity contribution is 5.85. The summed E-state index contributed by atoms with van der Waals surface area (Å²) in [7, 11) is 0. The fourth-order valence-corrected chi connectivity index (χ4v) is 1.66. The smallest absolute Gasteiger partial charge is 0.354 e. The van der Waals surface area contributed by atoms with Crippen molar-refractivity contribution < 1.29 is 14.3 Å². The van der Waals surface area contributed by atoms with Crippen molar-refractivity contribution in [2.45, 2.75) is 6.92 Å². The van der Waals surface area contributed by atoms with Crippen molar-refractivity contribution in [3.8, 4) is 0 Å². The summed E-state index contributed by atoms with van der Waals surface area (Å²) in [6.45, 7) is 2.41. The first-order valence-corrected chi connectivity index (χ1v) is 5.71. The number of aromatic nitrogens is 2. The Hall–Kier alpha value is -2.50. The summed E-state index contributed by atoms with van der Waals surface area (Å²) >= 11 is 0. The van der Waals surface area contributed by atoms with Crippen LogP contribution in [-0.2, 0) is 0 Å². The number of carboxylic acids is 1. The Morgan fingerprint density at radius 1 is 1.32 bits per heavy atom. The van der Waals surface area contributed by atoms with E-state index in [0.29, 0.717) is 12.2 Å². The lowest BCUT2D eigenvalue weighted by Crippen LogP contribution is -2.19. The highest BCUT2D eigenvalue weighted by atomic mass is 19.1. The Morgan fingerprint density at radius 3 is 2.58 bits per heavy atom. The molecule has 0 radical (unpaired) electrons. The summed E-state index contributed by atoms with van der Waals surface area (Å²) in [5.74, 6) is -1.17. The molecule has 0 saturated carbocycles. The van der Waals surface area contributed by atoms with E-state index in [4.69, 9.17) is 5.11 Å². The molecule has 5 nitrogen and oxygen atoms in total. The van der Waals surface area contributed by atoms with Crippen molar-refractivity contribution in [3.63, 3.8) is 0 Å². The molecule has 19 heavy (non-hydrogen) atoms. The molecule has 6 heteroatoms. The quantitative estimate of drug-likeness (QED) is 0.915. The molecule has 0 saturated heterocycles. The first-order chi connectivity index (χ1) is 9.11. The lowest BCUT2D eigenvalue weighted by Gasteiger charge is -2.20. The fraction of sp³-hybridized carbons (Fsp3) is 0.154. The largest absolute Gasteiger partial charge is 0.477 e. The zero-order valence-corrected chi connectivity index (χ0v) is 10.2. The lowest BCUT2D eigenvalue weighted by atomic mass is 10.3. The third-order valence-electron chi connectivity index (χ3n) is 2.56. The van der Waals surface area contributed by atoms with Crippen LogP contribution in [0.1, 0.15) is 17.4 Å². The summed E-state index contributed by atoms with van der Waals surface area (Å²) in [5.41, 5.74) is 0.622. The molecule has 0 aliphatic rings. The Labute approximate surface area is 109 Å². The highest BCUT2D eigenvalue weighted by Gasteiger charge is 2.13. The fourth-order valence-electron chi connectivity index (χ4n) is 1.66. The van der Waals surface area contributed by atoms with Crippen molar-refractivity contribution in [1.82, 2.24) is 9.97 Å². The number of carboxylic acid groups (broad SMARTS) is 1. The lowest BCUT2D eigenvalue weighted by molar-refractivity contribution is 0.0690. The van der Waals surface area contributed by atoms with Crippen LogP contribution in [0.5, 0.6) is 0 Å². The maximum absolute atomic E-state index is 12.9. The van der Waals surface area contributed by atoms with E-state index in [0.717, 1.165) is 0 Å². The van der Waals surface area contributed by atoms with Crippen LogP contribution in [0.4, 0.5) is 16.0 Å². The van der Waals surface area contributed by atoms with Crippen molar-refractivity contribution >= 4 is 17.6 Å². The molecule has 2 rings (SSSR count). The zero-order chi connectivity index (χ0) is 13.8. The van der Waals surface area contributed by atoms with Crippen molar-refractivity contribution in [1.29, 1.82) is 0 Å². The van der Waals surface area contributed by atoms with Crippen LogP contribution in [0, 0.1) is 5.82 Å². The van der Waals surface area contributed by atoms with Gasteiger partial charge in [0.15, 0.2) is 5.69 Å². The van der Waals surface area contributed by atoms with Gasteiger partial charge < -0.3 is 10.0 Å². The van der Waals surface area contributed by atoms with Gasteiger partial charge in [-0.3, -0.25) is 0 Å². The molecule has 0 spiro atoms. The molecular formula is C13H12FN3O2. The molecule has 0 fully saturated rings. The van der Waals surface area contributed by atoms with E-state index in [2.05, 4.69) is 9.97 Å². The number of hydrogen-bond acceptors (Lipinski definition) is 4. The second-order valence-corrected chi connectivity index (χ2v) is 3.77. The van der Waals surface area contributed by atoms with Crippen molar-refractivity contribution in [3.05, 3.63) is 48.0 Å². The summed E-state index contributed by atoms with van der Waals surface area (Å²) in [4.78, 5) is 20.6. The third kappa shape index (κ3) is 2.85. The van der Waals surface area contributed by atoms with E-state index in [-0.39, 0.29) is 17.5 Å². The van der Waals surface area contributed by atoms with Gasteiger partial charge in [0.1, 0.15) is 5.82 Å². The molecular weight excluding hydrogens is 249 g/mol. The summed E-state index contributed by atoms with van der Waals surface area (Å²) in [6, 6.07) is 7.17. The van der Waals surface area contributed by atoms with Crippen molar-refractivity contribution in [2.24, 2.45) is 0 Å². The maximum Gasteiger partial charge on any atom is 0.354 e. The molecule has 0 unspecified atom stereocenters. The minimum atomic E-state index is -1.11. The number of halogens is 1. The van der Waals surface area contributed by atoms with Crippen molar-refractivity contribution in [2.75, 3.05) is 11.4 Å². The Morgan fingerprint density at radius 2 is 2.00 bits per heavy atom. The highest BCUT2D eigenvalue weighted by Crippen LogP contribution is 2.21. The number of carbonyl (C=O) groups is 1. The average Bonchev–Trinajstić information content (AvgIpc) is 2.42. The molecule has 1 aromatic heterocycles. The van der Waals surface area contributed by atoms with Gasteiger partial charge in [0.05, 0.1) is 0 Å². The minimum Gasteiger partial charge on any atom is -0.477 e. The van der Waals surface area contributed by atoms with Crippen LogP contribution in [0.15, 0.2) is 36.5 Å². The molecule has 0 aliphatic heterocycles. The summed E-state index contributed by atoms with van der Waals surface area (Å²) in [6.07, 6.45) is 1.39. The van der Waals surface area contributed by atoms with Crippen LogP contribution in [0.25, 0.3) is 0 Å². The van der Waals surface area contributed by atoms with E-state index >= 15 is 0 Å². The monoisotopic (exact) mass is 261 g/mol. The first kappa shape index (κ1) is 12.9. The van der Waals surface area contributed by atoms with E-state index in [1.807, 2.05) is 6.92 Å². The predicted molar refractivity (Wildman–Crippen MR) is 68.1 cm³/mol. The molecule has 2 aromatic rings. The maximum atomic E-state index is 12.9. The zero-order valence-electron chi connectivity index (χ0n) is 10.2. The standard InChI is InChI=1S/C13H12FN3O2/c1-2-17(10-5-3-9(14)4-6-10)13-15-8-7-11(16-13)12(18)19/h3-8H,2H2,1H3,(H,18,19). The van der Waals surface area contributed by atoms with E-state index in [1.165, 1.54) is 24.4 Å². The number of hydrogen-bond donors (Lipinski definition) is 1. The van der Waals surface area contributed by atoms with Gasteiger partial charge in [-0.25, -0.2) is 19.2 Å². The van der Waals surface area contributed by atoms with Gasteiger partial charge in [0, 0.05) is 18.4 Å². The molecule has 98 valence electrons. The van der Waals surface area contributed by atoms with Gasteiger partial charge in [0.2, 0.25) is 5.95 Å². The molecule has 1 N–H and O–H groups in total. The normalized spacial score (nSPS) is 10.2. The second kappa shape index (κ2) is 5.43. The van der Waals surface area contributed by atoms with E-state index < -0.39 is 5.97 Å². The van der Waals surface area contributed by atoms with Gasteiger partial charge in [-0.2, -0.15) is 0 Å². The minimum absolute atomic E-state index is 0.0782. The van der Waals surface area contributed by atoms with Crippen LogP contribution >= 0.6 is 0 Å². The first-order valence-electron chi connectivity index (χ1n) is 5.71. The average molecular weight is 261 g/mol. The van der Waals surface area contributed by atoms with Gasteiger partial charge in [-0.1, -0.05) is 0 Å². The van der Waals surface area contributed by atoms with Gasteiger partial charge in [0.25, 0.3) is 0 Å². The van der Waals surface area contributed by atoms with E-state index in [1.54, 1.807) is 17.0 Å². The summed E-state index contributed by atoms with van der Waals surface area (Å²) in [5, 5.41) is 8.91. The number of aromatic carboxylic acids is 1. The van der Waals surface area contributed by atoms with Gasteiger partial charge in [-0.05, 0) is 37.3 Å². The topological polar surface area (TPSA) is 66.3 Å². The van der Waals surface area contributed by atoms with Gasteiger partial charge >= 0.3 is 5.97 Å². The Balaban J connectivity index is 2.39. The van der Waals surface area contributed by atoms with E-state index in [9.17, 15) is 9.18 Å². The third-order valence-corrected chi connectivity index (χ3v) is 2.56. The molecule has 0 amide bonds. The van der Waals surface area contributed by atoms with Crippen LogP contribution in [0.3, 0.4) is 0 Å². The van der Waals surface area contributed by atoms with Crippen LogP contribution < -0.4 is 4.90 Å². The number of benzene rings is 1. The Bertz CT molecular complexity index is 587. The SMILES string of the molecule is CCN(c1ccc(F)cc1)c1nccc(C(=O)O)n1.